The van der Waals surface area contributed by atoms with Crippen LogP contribution in [-0.4, -0.2) is 11.9 Å². The number of amides is 1. The van der Waals surface area contributed by atoms with E-state index in [2.05, 4.69) is 17.2 Å². The maximum absolute atomic E-state index is 12.4. The number of esters is 1. The first-order valence-electron chi connectivity index (χ1n) is 9.85. The molecular weight excluding hydrogens is 374 g/mol. The van der Waals surface area contributed by atoms with Crippen molar-refractivity contribution in [2.45, 2.75) is 20.3 Å². The Morgan fingerprint density at radius 2 is 1.47 bits per heavy atom. The molecule has 3 aromatic carbocycles. The van der Waals surface area contributed by atoms with E-state index in [1.165, 1.54) is 0 Å². The molecule has 150 valence electrons. The molecule has 0 aliphatic heterocycles. The fourth-order valence-electron chi connectivity index (χ4n) is 2.58. The van der Waals surface area contributed by atoms with E-state index in [1.54, 1.807) is 36.4 Å². The largest absolute Gasteiger partial charge is 0.423 e. The summed E-state index contributed by atoms with van der Waals surface area (Å²) in [6, 6.07) is 23.4. The fraction of sp³-hybridized carbons (Fsp3) is 0.154. The van der Waals surface area contributed by atoms with Gasteiger partial charge in [-0.25, -0.2) is 4.79 Å². The molecule has 0 saturated carbocycles. The van der Waals surface area contributed by atoms with Gasteiger partial charge in [-0.05, 0) is 67.1 Å². The van der Waals surface area contributed by atoms with Gasteiger partial charge in [-0.2, -0.15) is 0 Å². The molecule has 30 heavy (non-hydrogen) atoms. The highest BCUT2D eigenvalue weighted by atomic mass is 16.5. The summed E-state index contributed by atoms with van der Waals surface area (Å²) in [5.41, 5.74) is 2.83. The van der Waals surface area contributed by atoms with E-state index in [-0.39, 0.29) is 11.8 Å². The molecule has 1 N–H and O–H groups in total. The van der Waals surface area contributed by atoms with Crippen molar-refractivity contribution in [2.24, 2.45) is 5.92 Å². The van der Waals surface area contributed by atoms with Gasteiger partial charge in [0, 0.05) is 22.7 Å². The van der Waals surface area contributed by atoms with Crippen LogP contribution >= 0.6 is 0 Å². The van der Waals surface area contributed by atoms with E-state index in [0.717, 1.165) is 17.5 Å². The van der Waals surface area contributed by atoms with Gasteiger partial charge in [-0.1, -0.05) is 43.9 Å². The second kappa shape index (κ2) is 10.1. The summed E-state index contributed by atoms with van der Waals surface area (Å²) in [4.78, 5) is 24.3. The van der Waals surface area contributed by atoms with Gasteiger partial charge in [0.25, 0.3) is 0 Å². The molecule has 0 aromatic heterocycles. The lowest BCUT2D eigenvalue weighted by atomic mass is 10.1. The average molecular weight is 397 g/mol. The molecule has 0 aliphatic rings. The maximum Gasteiger partial charge on any atom is 0.343 e. The zero-order valence-electron chi connectivity index (χ0n) is 17.0. The topological polar surface area (TPSA) is 55.4 Å². The first kappa shape index (κ1) is 20.9. The number of anilines is 1. The third-order valence-corrected chi connectivity index (χ3v) is 4.64. The van der Waals surface area contributed by atoms with Gasteiger partial charge in [-0.3, -0.25) is 4.79 Å². The Morgan fingerprint density at radius 3 is 2.07 bits per heavy atom. The highest BCUT2D eigenvalue weighted by Gasteiger charge is 2.12. The molecule has 0 spiro atoms. The Kier molecular flexibility index (Phi) is 7.02. The Morgan fingerprint density at radius 1 is 0.867 bits per heavy atom. The summed E-state index contributed by atoms with van der Waals surface area (Å²) < 4.78 is 5.42. The van der Waals surface area contributed by atoms with Gasteiger partial charge in [0.05, 0.1) is 5.56 Å². The molecule has 3 aromatic rings. The minimum absolute atomic E-state index is 0.0386. The highest BCUT2D eigenvalue weighted by molar-refractivity contribution is 5.94. The predicted molar refractivity (Wildman–Crippen MR) is 118 cm³/mol. The van der Waals surface area contributed by atoms with Crippen LogP contribution in [0.4, 0.5) is 5.69 Å². The quantitative estimate of drug-likeness (QED) is 0.362. The molecular formula is C26H23NO3. The van der Waals surface area contributed by atoms with E-state index < -0.39 is 5.97 Å². The molecule has 0 radical (unpaired) electrons. The van der Waals surface area contributed by atoms with Gasteiger partial charge in [0.15, 0.2) is 0 Å². The van der Waals surface area contributed by atoms with Gasteiger partial charge in [-0.15, -0.1) is 0 Å². The molecule has 0 aliphatic carbocycles. The fourth-order valence-corrected chi connectivity index (χ4v) is 2.58. The molecule has 0 heterocycles. The Hall–Kier alpha value is -3.84. The number of hydrogen-bond donors (Lipinski definition) is 1. The lowest BCUT2D eigenvalue weighted by Crippen LogP contribution is -2.19. The number of ether oxygens (including phenoxy) is 1. The summed E-state index contributed by atoms with van der Waals surface area (Å²) in [5.74, 6) is 6.06. The Bertz CT molecular complexity index is 1060. The number of hydrogen-bond acceptors (Lipinski definition) is 3. The number of carbonyl (C=O) groups is 2. The zero-order valence-corrected chi connectivity index (χ0v) is 17.0. The van der Waals surface area contributed by atoms with Crippen LogP contribution < -0.4 is 10.1 Å². The lowest BCUT2D eigenvalue weighted by molar-refractivity contribution is -0.119. The molecule has 4 heteroatoms. The lowest BCUT2D eigenvalue weighted by Gasteiger charge is -2.10. The second-order valence-electron chi connectivity index (χ2n) is 6.91. The number of benzene rings is 3. The molecule has 4 nitrogen and oxygen atoms in total. The molecule has 3 rings (SSSR count). The molecule has 1 atom stereocenters. The summed E-state index contributed by atoms with van der Waals surface area (Å²) >= 11 is 0. The first-order chi connectivity index (χ1) is 14.5. The van der Waals surface area contributed by atoms with Crippen LogP contribution in [0, 0.1) is 17.8 Å². The van der Waals surface area contributed by atoms with Gasteiger partial charge < -0.3 is 10.1 Å². The first-order valence-corrected chi connectivity index (χ1v) is 9.85. The van der Waals surface area contributed by atoms with Crippen LogP contribution in [0.3, 0.4) is 0 Å². The molecule has 1 unspecified atom stereocenters. The van der Waals surface area contributed by atoms with Crippen LogP contribution in [0.25, 0.3) is 0 Å². The standard InChI is InChI=1S/C26H23NO3/c1-3-19(2)25(28)27-23-15-13-22(14-16-23)26(29)30-24-17-11-21(12-18-24)10-9-20-7-5-4-6-8-20/h4-8,11-19H,3H2,1-2H3,(H,27,28). The van der Waals surface area contributed by atoms with Gasteiger partial charge >= 0.3 is 5.97 Å². The van der Waals surface area contributed by atoms with Crippen molar-refractivity contribution in [3.05, 3.63) is 95.6 Å². The van der Waals surface area contributed by atoms with E-state index in [1.807, 2.05) is 56.3 Å². The summed E-state index contributed by atoms with van der Waals surface area (Å²) in [5, 5.41) is 2.83. The Balaban J connectivity index is 1.59. The maximum atomic E-state index is 12.4. The normalized spacial score (nSPS) is 11.0. The van der Waals surface area contributed by atoms with Crippen molar-refractivity contribution in [1.82, 2.24) is 0 Å². The van der Waals surface area contributed by atoms with Crippen LogP contribution in [-0.2, 0) is 4.79 Å². The number of nitrogens with one attached hydrogen (secondary N) is 1. The average Bonchev–Trinajstić information content (AvgIpc) is 2.79. The molecule has 0 fully saturated rings. The summed E-state index contributed by atoms with van der Waals surface area (Å²) in [7, 11) is 0. The van der Waals surface area contributed by atoms with Crippen molar-refractivity contribution in [3.8, 4) is 17.6 Å². The van der Waals surface area contributed by atoms with Crippen molar-refractivity contribution in [3.63, 3.8) is 0 Å². The predicted octanol–water partition coefficient (Wildman–Crippen LogP) is 5.29. The number of rotatable bonds is 5. The minimum Gasteiger partial charge on any atom is -0.423 e. The van der Waals surface area contributed by atoms with E-state index in [9.17, 15) is 9.59 Å². The van der Waals surface area contributed by atoms with Gasteiger partial charge in [0.2, 0.25) is 5.91 Å². The Labute approximate surface area is 176 Å². The van der Waals surface area contributed by atoms with Gasteiger partial charge in [0.1, 0.15) is 5.75 Å². The molecule has 0 bridgehead atoms. The number of carbonyl (C=O) groups excluding carboxylic acids is 2. The van der Waals surface area contributed by atoms with Crippen LogP contribution in [0.5, 0.6) is 5.75 Å². The third-order valence-electron chi connectivity index (χ3n) is 4.64. The van der Waals surface area contributed by atoms with Crippen molar-refractivity contribution >= 4 is 17.6 Å². The van der Waals surface area contributed by atoms with E-state index >= 15 is 0 Å². The zero-order chi connectivity index (χ0) is 21.3. The van der Waals surface area contributed by atoms with Crippen molar-refractivity contribution in [2.75, 3.05) is 5.32 Å². The monoisotopic (exact) mass is 397 g/mol. The van der Waals surface area contributed by atoms with E-state index in [0.29, 0.717) is 17.0 Å². The summed E-state index contributed by atoms with van der Waals surface area (Å²) in [6.45, 7) is 3.84. The van der Waals surface area contributed by atoms with E-state index in [4.69, 9.17) is 4.74 Å². The van der Waals surface area contributed by atoms with Crippen LogP contribution in [0.2, 0.25) is 0 Å². The highest BCUT2D eigenvalue weighted by Crippen LogP contribution is 2.16. The summed E-state index contributed by atoms with van der Waals surface area (Å²) in [6.07, 6.45) is 0.771. The van der Waals surface area contributed by atoms with Crippen LogP contribution in [0.1, 0.15) is 41.8 Å². The molecule has 1 amide bonds. The van der Waals surface area contributed by atoms with Crippen molar-refractivity contribution < 1.29 is 14.3 Å². The smallest absolute Gasteiger partial charge is 0.343 e. The minimum atomic E-state index is -0.460. The third kappa shape index (κ3) is 5.83. The van der Waals surface area contributed by atoms with Crippen molar-refractivity contribution in [1.29, 1.82) is 0 Å². The van der Waals surface area contributed by atoms with Crippen LogP contribution in [0.15, 0.2) is 78.9 Å². The SMILES string of the molecule is CCC(C)C(=O)Nc1ccc(C(=O)Oc2ccc(C#Cc3ccccc3)cc2)cc1. The second-order valence-corrected chi connectivity index (χ2v) is 6.91. The molecule has 0 saturated heterocycles.